The van der Waals surface area contributed by atoms with Gasteiger partial charge < -0.3 is 0 Å². The van der Waals surface area contributed by atoms with Crippen LogP contribution in [-0.4, -0.2) is 5.78 Å². The number of benzene rings is 1. The molecular formula is C16H13IO. The SMILES string of the molecule is O=C1C=CC=CC12CCC(I)=C2c1ccccc1. The van der Waals surface area contributed by atoms with Crippen molar-refractivity contribution in [1.82, 2.24) is 0 Å². The second kappa shape index (κ2) is 4.50. The number of hydrogen-bond donors (Lipinski definition) is 0. The van der Waals surface area contributed by atoms with Crippen LogP contribution in [0.2, 0.25) is 0 Å². The summed E-state index contributed by atoms with van der Waals surface area (Å²) in [5.74, 6) is 0.218. The standard InChI is InChI=1S/C16H13IO/c17-13-9-11-16(10-5-4-8-14(16)18)15(13)12-6-2-1-3-7-12/h1-8,10H,9,11H2. The van der Waals surface area contributed by atoms with Gasteiger partial charge in [-0.1, -0.05) is 48.6 Å². The van der Waals surface area contributed by atoms with Gasteiger partial charge in [-0.05, 0) is 56.2 Å². The maximum Gasteiger partial charge on any atom is 0.170 e. The van der Waals surface area contributed by atoms with Crippen molar-refractivity contribution in [1.29, 1.82) is 0 Å². The predicted molar refractivity (Wildman–Crippen MR) is 82.3 cm³/mol. The van der Waals surface area contributed by atoms with E-state index in [2.05, 4.69) is 40.8 Å². The van der Waals surface area contributed by atoms with Gasteiger partial charge in [0.1, 0.15) is 0 Å². The Kier molecular flexibility index (Phi) is 2.98. The van der Waals surface area contributed by atoms with Gasteiger partial charge in [0.25, 0.3) is 0 Å². The Bertz CT molecular complexity index is 580. The Labute approximate surface area is 120 Å². The van der Waals surface area contributed by atoms with E-state index in [-0.39, 0.29) is 5.78 Å². The number of rotatable bonds is 1. The number of ketones is 1. The van der Waals surface area contributed by atoms with Crippen LogP contribution in [0, 0.1) is 5.41 Å². The number of allylic oxidation sites excluding steroid dienone is 6. The minimum atomic E-state index is -0.410. The van der Waals surface area contributed by atoms with E-state index < -0.39 is 5.41 Å². The first kappa shape index (κ1) is 11.9. The van der Waals surface area contributed by atoms with Crippen LogP contribution in [0.25, 0.3) is 5.57 Å². The zero-order chi connectivity index (χ0) is 12.6. The normalized spacial score (nSPS) is 26.4. The highest BCUT2D eigenvalue weighted by atomic mass is 127. The molecule has 0 amide bonds. The van der Waals surface area contributed by atoms with Crippen molar-refractivity contribution in [3.8, 4) is 0 Å². The third-order valence-corrected chi connectivity index (χ3v) is 4.78. The molecule has 1 aromatic rings. The molecule has 0 radical (unpaired) electrons. The molecule has 0 aromatic heterocycles. The van der Waals surface area contributed by atoms with Crippen LogP contribution in [0.4, 0.5) is 0 Å². The number of carbonyl (C=O) groups is 1. The summed E-state index contributed by atoms with van der Waals surface area (Å²) in [5.41, 5.74) is 1.97. The molecule has 2 aliphatic rings. The summed E-state index contributed by atoms with van der Waals surface area (Å²) in [4.78, 5) is 12.4. The van der Waals surface area contributed by atoms with Crippen LogP contribution >= 0.6 is 22.6 Å². The fraction of sp³-hybridized carbons (Fsp3) is 0.188. The molecule has 1 spiro atoms. The highest BCUT2D eigenvalue weighted by Crippen LogP contribution is 2.53. The molecule has 0 heterocycles. The first-order chi connectivity index (χ1) is 8.74. The summed E-state index contributed by atoms with van der Waals surface area (Å²) in [5, 5.41) is 0. The molecule has 0 saturated heterocycles. The Morgan fingerprint density at radius 2 is 1.89 bits per heavy atom. The molecule has 0 saturated carbocycles. The maximum atomic E-state index is 12.4. The van der Waals surface area contributed by atoms with E-state index in [1.165, 1.54) is 14.7 Å². The molecule has 0 aliphatic heterocycles. The Morgan fingerprint density at radius 1 is 1.11 bits per heavy atom. The molecule has 0 N–H and O–H groups in total. The van der Waals surface area contributed by atoms with Crippen molar-refractivity contribution in [3.05, 3.63) is 63.8 Å². The summed E-state index contributed by atoms with van der Waals surface area (Å²) in [6, 6.07) is 10.3. The maximum absolute atomic E-state index is 12.4. The molecule has 0 bridgehead atoms. The molecule has 1 unspecified atom stereocenters. The summed E-state index contributed by atoms with van der Waals surface area (Å²) >= 11 is 2.39. The number of halogens is 1. The van der Waals surface area contributed by atoms with E-state index in [0.717, 1.165) is 12.8 Å². The van der Waals surface area contributed by atoms with Gasteiger partial charge in [-0.15, -0.1) is 0 Å². The van der Waals surface area contributed by atoms with Gasteiger partial charge in [0.15, 0.2) is 5.78 Å². The lowest BCUT2D eigenvalue weighted by Gasteiger charge is -2.28. The third kappa shape index (κ3) is 1.70. The van der Waals surface area contributed by atoms with Crippen LogP contribution < -0.4 is 0 Å². The summed E-state index contributed by atoms with van der Waals surface area (Å²) in [6.07, 6.45) is 9.51. The van der Waals surface area contributed by atoms with Crippen LogP contribution in [0.3, 0.4) is 0 Å². The second-order valence-corrected chi connectivity index (χ2v) is 6.00. The average molecular weight is 348 g/mol. The van der Waals surface area contributed by atoms with Gasteiger partial charge in [0.2, 0.25) is 0 Å². The lowest BCUT2D eigenvalue weighted by molar-refractivity contribution is -0.119. The van der Waals surface area contributed by atoms with Crippen molar-refractivity contribution in [2.24, 2.45) is 5.41 Å². The smallest absolute Gasteiger partial charge is 0.170 e. The van der Waals surface area contributed by atoms with E-state index in [0.29, 0.717) is 0 Å². The molecule has 90 valence electrons. The zero-order valence-electron chi connectivity index (χ0n) is 9.90. The van der Waals surface area contributed by atoms with Crippen LogP contribution in [0.15, 0.2) is 58.2 Å². The minimum absolute atomic E-state index is 0.218. The van der Waals surface area contributed by atoms with Crippen LogP contribution in [0.5, 0.6) is 0 Å². The topological polar surface area (TPSA) is 17.1 Å². The first-order valence-electron chi connectivity index (χ1n) is 6.09. The highest BCUT2D eigenvalue weighted by Gasteiger charge is 2.44. The van der Waals surface area contributed by atoms with Gasteiger partial charge >= 0.3 is 0 Å². The summed E-state index contributed by atoms with van der Waals surface area (Å²) in [7, 11) is 0. The Balaban J connectivity index is 2.17. The quantitative estimate of drug-likeness (QED) is 0.692. The fourth-order valence-corrected chi connectivity index (χ4v) is 3.89. The Morgan fingerprint density at radius 3 is 2.61 bits per heavy atom. The van der Waals surface area contributed by atoms with Crippen LogP contribution in [0.1, 0.15) is 18.4 Å². The molecule has 1 atom stereocenters. The van der Waals surface area contributed by atoms with Crippen molar-refractivity contribution >= 4 is 33.9 Å². The summed E-state index contributed by atoms with van der Waals surface area (Å²) < 4.78 is 1.31. The predicted octanol–water partition coefficient (Wildman–Crippen LogP) is 4.31. The first-order valence-corrected chi connectivity index (χ1v) is 7.17. The monoisotopic (exact) mass is 348 g/mol. The number of hydrogen-bond acceptors (Lipinski definition) is 1. The summed E-state index contributed by atoms with van der Waals surface area (Å²) in [6.45, 7) is 0. The Hall–Kier alpha value is -1.16. The molecule has 2 aliphatic carbocycles. The van der Waals surface area contributed by atoms with Crippen molar-refractivity contribution in [3.63, 3.8) is 0 Å². The van der Waals surface area contributed by atoms with Gasteiger partial charge in [-0.25, -0.2) is 0 Å². The largest absolute Gasteiger partial charge is 0.293 e. The van der Waals surface area contributed by atoms with Crippen LogP contribution in [-0.2, 0) is 4.79 Å². The third-order valence-electron chi connectivity index (χ3n) is 3.70. The molecule has 1 aromatic carbocycles. The molecule has 2 heteroatoms. The fourth-order valence-electron chi connectivity index (χ4n) is 2.82. The zero-order valence-corrected chi connectivity index (χ0v) is 12.1. The van der Waals surface area contributed by atoms with Gasteiger partial charge in [0.05, 0.1) is 5.41 Å². The lowest BCUT2D eigenvalue weighted by Crippen LogP contribution is -2.28. The lowest BCUT2D eigenvalue weighted by atomic mass is 9.73. The molecule has 0 fully saturated rings. The second-order valence-electron chi connectivity index (χ2n) is 4.70. The van der Waals surface area contributed by atoms with E-state index in [9.17, 15) is 4.79 Å². The minimum Gasteiger partial charge on any atom is -0.293 e. The highest BCUT2D eigenvalue weighted by molar-refractivity contribution is 14.1. The van der Waals surface area contributed by atoms with E-state index in [4.69, 9.17) is 0 Å². The van der Waals surface area contributed by atoms with E-state index in [1.54, 1.807) is 6.08 Å². The van der Waals surface area contributed by atoms with Crippen molar-refractivity contribution in [2.45, 2.75) is 12.8 Å². The van der Waals surface area contributed by atoms with Crippen molar-refractivity contribution < 1.29 is 4.79 Å². The van der Waals surface area contributed by atoms with E-state index in [1.807, 2.05) is 30.4 Å². The number of carbonyl (C=O) groups excluding carboxylic acids is 1. The van der Waals surface area contributed by atoms with Gasteiger partial charge in [-0.2, -0.15) is 0 Å². The molecular weight excluding hydrogens is 335 g/mol. The van der Waals surface area contributed by atoms with E-state index >= 15 is 0 Å². The molecule has 3 rings (SSSR count). The average Bonchev–Trinajstić information content (AvgIpc) is 2.73. The molecule has 1 nitrogen and oxygen atoms in total. The molecule has 18 heavy (non-hydrogen) atoms. The van der Waals surface area contributed by atoms with Gasteiger partial charge in [0, 0.05) is 0 Å². The van der Waals surface area contributed by atoms with Crippen molar-refractivity contribution in [2.75, 3.05) is 0 Å². The van der Waals surface area contributed by atoms with Gasteiger partial charge in [-0.3, -0.25) is 4.79 Å².